The van der Waals surface area contributed by atoms with Crippen LogP contribution in [0.2, 0.25) is 0 Å². The van der Waals surface area contributed by atoms with E-state index in [1.54, 1.807) is 0 Å². The minimum Gasteiger partial charge on any atom is -0.466 e. The Morgan fingerprint density at radius 1 is 1.24 bits per heavy atom. The van der Waals surface area contributed by atoms with E-state index in [1.807, 2.05) is 31.2 Å². The molecule has 1 heterocycles. The minimum absolute atomic E-state index is 0.168. The molecule has 0 aliphatic rings. The van der Waals surface area contributed by atoms with Gasteiger partial charge in [0.2, 0.25) is 5.88 Å². The number of carbonyl (C=O) groups excluding carboxylic acids is 1. The summed E-state index contributed by atoms with van der Waals surface area (Å²) >= 11 is 0. The standard InChI is InChI=1S/C12H12N2O3/c1-8-9-5-3-4-6-10(9)12(14-13-8)17-7-11(15)16-2/h3-6H,7H2,1-2H3. The highest BCUT2D eigenvalue weighted by Gasteiger charge is 2.09. The summed E-state index contributed by atoms with van der Waals surface area (Å²) < 4.78 is 9.77. The number of esters is 1. The van der Waals surface area contributed by atoms with Crippen molar-refractivity contribution in [2.45, 2.75) is 6.92 Å². The number of nitrogens with zero attached hydrogens (tertiary/aromatic N) is 2. The van der Waals surface area contributed by atoms with Crippen LogP contribution in [0, 0.1) is 6.92 Å². The molecular weight excluding hydrogens is 220 g/mol. The van der Waals surface area contributed by atoms with Gasteiger partial charge in [-0.2, -0.15) is 5.10 Å². The van der Waals surface area contributed by atoms with E-state index < -0.39 is 5.97 Å². The van der Waals surface area contributed by atoms with Crippen LogP contribution in [0.5, 0.6) is 5.88 Å². The fourth-order valence-electron chi connectivity index (χ4n) is 1.51. The molecule has 0 bridgehead atoms. The number of hydrogen-bond donors (Lipinski definition) is 0. The molecule has 2 aromatic rings. The monoisotopic (exact) mass is 232 g/mol. The molecule has 88 valence electrons. The lowest BCUT2D eigenvalue weighted by Gasteiger charge is -2.07. The Bertz CT molecular complexity index is 554. The van der Waals surface area contributed by atoms with Crippen molar-refractivity contribution in [2.75, 3.05) is 13.7 Å². The lowest BCUT2D eigenvalue weighted by atomic mass is 10.1. The normalized spacial score (nSPS) is 10.2. The average Bonchev–Trinajstić information content (AvgIpc) is 2.38. The number of aryl methyl sites for hydroxylation is 1. The predicted molar refractivity (Wildman–Crippen MR) is 61.8 cm³/mol. The molecule has 2 rings (SSSR count). The van der Waals surface area contributed by atoms with E-state index in [1.165, 1.54) is 7.11 Å². The zero-order valence-electron chi connectivity index (χ0n) is 9.64. The number of carbonyl (C=O) groups is 1. The summed E-state index contributed by atoms with van der Waals surface area (Å²) in [5.74, 6) is -0.104. The van der Waals surface area contributed by atoms with E-state index in [-0.39, 0.29) is 6.61 Å². The summed E-state index contributed by atoms with van der Waals surface area (Å²) in [5, 5.41) is 9.71. The number of methoxy groups -OCH3 is 1. The Hall–Kier alpha value is -2.17. The summed E-state index contributed by atoms with van der Waals surface area (Å²) in [6.07, 6.45) is 0. The number of hydrogen-bond acceptors (Lipinski definition) is 5. The SMILES string of the molecule is COC(=O)COc1nnc(C)c2ccccc12. The maximum Gasteiger partial charge on any atom is 0.343 e. The van der Waals surface area contributed by atoms with Crippen molar-refractivity contribution >= 4 is 16.7 Å². The Balaban J connectivity index is 2.35. The van der Waals surface area contributed by atoms with Crippen LogP contribution in [-0.2, 0) is 9.53 Å². The van der Waals surface area contributed by atoms with Gasteiger partial charge >= 0.3 is 5.97 Å². The summed E-state index contributed by atoms with van der Waals surface area (Å²) in [4.78, 5) is 11.0. The molecule has 0 atom stereocenters. The molecule has 0 radical (unpaired) electrons. The van der Waals surface area contributed by atoms with Crippen molar-refractivity contribution in [3.8, 4) is 5.88 Å². The largest absolute Gasteiger partial charge is 0.466 e. The van der Waals surface area contributed by atoms with Gasteiger partial charge < -0.3 is 9.47 Å². The average molecular weight is 232 g/mol. The highest BCUT2D eigenvalue weighted by atomic mass is 16.6. The third-order valence-corrected chi connectivity index (χ3v) is 2.39. The molecule has 0 fully saturated rings. The highest BCUT2D eigenvalue weighted by Crippen LogP contribution is 2.23. The van der Waals surface area contributed by atoms with Gasteiger partial charge in [-0.25, -0.2) is 4.79 Å². The first-order valence-electron chi connectivity index (χ1n) is 5.14. The van der Waals surface area contributed by atoms with Crippen LogP contribution in [0.1, 0.15) is 5.69 Å². The number of benzene rings is 1. The van der Waals surface area contributed by atoms with Crippen molar-refractivity contribution in [1.29, 1.82) is 0 Å². The molecule has 1 aromatic heterocycles. The molecule has 0 aliphatic carbocycles. The summed E-state index contributed by atoms with van der Waals surface area (Å²) in [6, 6.07) is 7.61. The second kappa shape index (κ2) is 4.78. The number of aromatic nitrogens is 2. The minimum atomic E-state index is -0.448. The third-order valence-electron chi connectivity index (χ3n) is 2.39. The molecular formula is C12H12N2O3. The summed E-state index contributed by atoms with van der Waals surface area (Å²) in [6.45, 7) is 1.71. The predicted octanol–water partition coefficient (Wildman–Crippen LogP) is 1.49. The Labute approximate surface area is 98.4 Å². The fraction of sp³-hybridized carbons (Fsp3) is 0.250. The quantitative estimate of drug-likeness (QED) is 0.750. The Kier molecular flexibility index (Phi) is 3.18. The molecule has 0 unspecified atom stereocenters. The van der Waals surface area contributed by atoms with Crippen molar-refractivity contribution < 1.29 is 14.3 Å². The van der Waals surface area contributed by atoms with Gasteiger partial charge in [0, 0.05) is 10.8 Å². The fourth-order valence-corrected chi connectivity index (χ4v) is 1.51. The van der Waals surface area contributed by atoms with E-state index in [4.69, 9.17) is 4.74 Å². The molecule has 0 saturated heterocycles. The van der Waals surface area contributed by atoms with Crippen LogP contribution >= 0.6 is 0 Å². The summed E-state index contributed by atoms with van der Waals surface area (Å²) in [7, 11) is 1.31. The Morgan fingerprint density at radius 3 is 2.65 bits per heavy atom. The molecule has 0 N–H and O–H groups in total. The van der Waals surface area contributed by atoms with E-state index in [9.17, 15) is 4.79 Å². The molecule has 5 nitrogen and oxygen atoms in total. The zero-order valence-corrected chi connectivity index (χ0v) is 9.64. The zero-order chi connectivity index (χ0) is 12.3. The van der Waals surface area contributed by atoms with Crippen LogP contribution in [-0.4, -0.2) is 29.9 Å². The van der Waals surface area contributed by atoms with E-state index >= 15 is 0 Å². The molecule has 17 heavy (non-hydrogen) atoms. The van der Waals surface area contributed by atoms with Crippen LogP contribution in [0.3, 0.4) is 0 Å². The van der Waals surface area contributed by atoms with E-state index in [0.717, 1.165) is 16.5 Å². The first kappa shape index (κ1) is 11.3. The second-order valence-electron chi connectivity index (χ2n) is 3.50. The lowest BCUT2D eigenvalue weighted by Crippen LogP contribution is -2.13. The molecule has 0 spiro atoms. The van der Waals surface area contributed by atoms with E-state index in [2.05, 4.69) is 14.9 Å². The molecule has 0 amide bonds. The van der Waals surface area contributed by atoms with Gasteiger partial charge in [-0.05, 0) is 13.0 Å². The Morgan fingerprint density at radius 2 is 1.94 bits per heavy atom. The van der Waals surface area contributed by atoms with Crippen LogP contribution in [0.15, 0.2) is 24.3 Å². The van der Waals surface area contributed by atoms with Gasteiger partial charge in [0.25, 0.3) is 0 Å². The number of fused-ring (bicyclic) bond motifs is 1. The van der Waals surface area contributed by atoms with Gasteiger partial charge in [0.1, 0.15) is 0 Å². The van der Waals surface area contributed by atoms with Crippen molar-refractivity contribution in [3.63, 3.8) is 0 Å². The van der Waals surface area contributed by atoms with Gasteiger partial charge in [-0.15, -0.1) is 5.10 Å². The maximum absolute atomic E-state index is 11.0. The van der Waals surface area contributed by atoms with Crippen molar-refractivity contribution in [2.24, 2.45) is 0 Å². The van der Waals surface area contributed by atoms with E-state index in [0.29, 0.717) is 5.88 Å². The van der Waals surface area contributed by atoms with Gasteiger partial charge in [0.15, 0.2) is 6.61 Å². The lowest BCUT2D eigenvalue weighted by molar-refractivity contribution is -0.142. The van der Waals surface area contributed by atoms with Gasteiger partial charge in [-0.3, -0.25) is 0 Å². The first-order chi connectivity index (χ1) is 8.22. The third kappa shape index (κ3) is 2.33. The van der Waals surface area contributed by atoms with Crippen LogP contribution in [0.25, 0.3) is 10.8 Å². The van der Waals surface area contributed by atoms with Gasteiger partial charge in [0.05, 0.1) is 12.8 Å². The topological polar surface area (TPSA) is 61.3 Å². The first-order valence-corrected chi connectivity index (χ1v) is 5.14. The van der Waals surface area contributed by atoms with Crippen molar-refractivity contribution in [3.05, 3.63) is 30.0 Å². The molecule has 5 heteroatoms. The number of ether oxygens (including phenoxy) is 2. The van der Waals surface area contributed by atoms with Crippen LogP contribution < -0.4 is 4.74 Å². The smallest absolute Gasteiger partial charge is 0.343 e. The number of rotatable bonds is 3. The second-order valence-corrected chi connectivity index (χ2v) is 3.50. The highest BCUT2D eigenvalue weighted by molar-refractivity contribution is 5.88. The molecule has 0 saturated carbocycles. The molecule has 1 aromatic carbocycles. The maximum atomic E-state index is 11.0. The van der Waals surface area contributed by atoms with Crippen molar-refractivity contribution in [1.82, 2.24) is 10.2 Å². The van der Waals surface area contributed by atoms with Crippen LogP contribution in [0.4, 0.5) is 0 Å². The summed E-state index contributed by atoms with van der Waals surface area (Å²) in [5.41, 5.74) is 0.825. The van der Waals surface area contributed by atoms with Gasteiger partial charge in [-0.1, -0.05) is 18.2 Å². The molecule has 0 aliphatic heterocycles.